The summed E-state index contributed by atoms with van der Waals surface area (Å²) in [5.74, 6) is 3.23. The smallest absolute Gasteiger partial charge is 0.225 e. The van der Waals surface area contributed by atoms with Crippen molar-refractivity contribution in [1.29, 1.82) is 0 Å². The van der Waals surface area contributed by atoms with E-state index in [1.165, 1.54) is 64.2 Å². The van der Waals surface area contributed by atoms with Crippen LogP contribution in [-0.4, -0.2) is 15.0 Å². The van der Waals surface area contributed by atoms with Crippen LogP contribution >= 0.6 is 0 Å². The predicted octanol–water partition coefficient (Wildman–Crippen LogP) is 3.28. The van der Waals surface area contributed by atoms with E-state index in [-0.39, 0.29) is 11.9 Å². The van der Waals surface area contributed by atoms with Gasteiger partial charge in [0, 0.05) is 5.92 Å². The average Bonchev–Trinajstić information content (AvgIpc) is 2.49. The van der Waals surface area contributed by atoms with Gasteiger partial charge in [-0.25, -0.2) is 0 Å². The Labute approximate surface area is 127 Å². The highest BCUT2D eigenvalue weighted by molar-refractivity contribution is 5.27. The highest BCUT2D eigenvalue weighted by Crippen LogP contribution is 2.44. The van der Waals surface area contributed by atoms with Gasteiger partial charge in [0.05, 0.1) is 0 Å². The van der Waals surface area contributed by atoms with E-state index in [0.717, 1.165) is 5.82 Å². The van der Waals surface area contributed by atoms with Crippen LogP contribution in [0.25, 0.3) is 0 Å². The first-order valence-corrected chi connectivity index (χ1v) is 8.51. The minimum Gasteiger partial charge on any atom is -0.368 e. The molecule has 2 saturated carbocycles. The molecule has 2 fully saturated rings. The van der Waals surface area contributed by atoms with Gasteiger partial charge in [0.15, 0.2) is 0 Å². The summed E-state index contributed by atoms with van der Waals surface area (Å²) in [4.78, 5) is 12.9. The van der Waals surface area contributed by atoms with E-state index < -0.39 is 0 Å². The van der Waals surface area contributed by atoms with Crippen molar-refractivity contribution in [2.45, 2.75) is 70.1 Å². The predicted molar refractivity (Wildman–Crippen MR) is 84.5 cm³/mol. The molecule has 0 aliphatic heterocycles. The van der Waals surface area contributed by atoms with Crippen LogP contribution in [0.4, 0.5) is 11.9 Å². The summed E-state index contributed by atoms with van der Waals surface area (Å²) in [5, 5.41) is 0. The second-order valence-electron chi connectivity index (χ2n) is 6.73. The maximum atomic E-state index is 5.81. The molecule has 21 heavy (non-hydrogen) atoms. The highest BCUT2D eigenvalue weighted by atomic mass is 15.1. The van der Waals surface area contributed by atoms with Crippen molar-refractivity contribution >= 4 is 11.9 Å². The Morgan fingerprint density at radius 3 is 1.52 bits per heavy atom. The third-order valence-corrected chi connectivity index (χ3v) is 5.30. The number of nitrogens with two attached hydrogens (primary N) is 2. The van der Waals surface area contributed by atoms with Crippen molar-refractivity contribution in [1.82, 2.24) is 15.0 Å². The van der Waals surface area contributed by atoms with Crippen molar-refractivity contribution in [3.8, 4) is 0 Å². The zero-order valence-corrected chi connectivity index (χ0v) is 12.8. The summed E-state index contributed by atoms with van der Waals surface area (Å²) in [5.41, 5.74) is 11.6. The molecule has 5 heteroatoms. The molecule has 1 aromatic heterocycles. The van der Waals surface area contributed by atoms with Crippen molar-refractivity contribution in [3.05, 3.63) is 5.82 Å². The van der Waals surface area contributed by atoms with E-state index >= 15 is 0 Å². The van der Waals surface area contributed by atoms with Crippen LogP contribution in [0, 0.1) is 11.8 Å². The van der Waals surface area contributed by atoms with Crippen molar-refractivity contribution in [2.24, 2.45) is 11.8 Å². The fourth-order valence-corrected chi connectivity index (χ4v) is 4.37. The van der Waals surface area contributed by atoms with E-state index in [9.17, 15) is 0 Å². The van der Waals surface area contributed by atoms with E-state index in [1.807, 2.05) is 0 Å². The topological polar surface area (TPSA) is 90.7 Å². The van der Waals surface area contributed by atoms with E-state index in [4.69, 9.17) is 11.5 Å². The zero-order chi connectivity index (χ0) is 14.7. The number of hydrogen-bond acceptors (Lipinski definition) is 5. The normalized spacial score (nSPS) is 21.8. The van der Waals surface area contributed by atoms with Crippen LogP contribution in [0.3, 0.4) is 0 Å². The fourth-order valence-electron chi connectivity index (χ4n) is 4.37. The Morgan fingerprint density at radius 1 is 0.667 bits per heavy atom. The molecule has 0 unspecified atom stereocenters. The van der Waals surface area contributed by atoms with Crippen LogP contribution in [0.1, 0.15) is 76.0 Å². The van der Waals surface area contributed by atoms with Gasteiger partial charge in [0.25, 0.3) is 0 Å². The van der Waals surface area contributed by atoms with Gasteiger partial charge in [0.1, 0.15) is 5.82 Å². The Bertz CT molecular complexity index is 425. The zero-order valence-electron chi connectivity index (χ0n) is 12.8. The second-order valence-corrected chi connectivity index (χ2v) is 6.73. The molecule has 0 atom stereocenters. The Hall–Kier alpha value is -1.39. The van der Waals surface area contributed by atoms with Crippen LogP contribution in [-0.2, 0) is 0 Å². The van der Waals surface area contributed by atoms with Gasteiger partial charge in [-0.15, -0.1) is 0 Å². The third-order valence-electron chi connectivity index (χ3n) is 5.30. The molecule has 4 N–H and O–H groups in total. The Balaban J connectivity index is 1.89. The maximum Gasteiger partial charge on any atom is 0.225 e. The van der Waals surface area contributed by atoms with E-state index in [2.05, 4.69) is 15.0 Å². The lowest BCUT2D eigenvalue weighted by molar-refractivity contribution is 0.195. The third kappa shape index (κ3) is 3.44. The first-order chi connectivity index (χ1) is 10.2. The fraction of sp³-hybridized carbons (Fsp3) is 0.812. The molecule has 2 aliphatic rings. The summed E-state index contributed by atoms with van der Waals surface area (Å²) < 4.78 is 0. The van der Waals surface area contributed by atoms with Gasteiger partial charge in [-0.3, -0.25) is 0 Å². The molecule has 0 amide bonds. The number of hydrogen-bond donors (Lipinski definition) is 2. The number of rotatable bonds is 3. The quantitative estimate of drug-likeness (QED) is 0.891. The van der Waals surface area contributed by atoms with Gasteiger partial charge < -0.3 is 11.5 Å². The van der Waals surface area contributed by atoms with Crippen molar-refractivity contribution in [2.75, 3.05) is 11.5 Å². The first-order valence-electron chi connectivity index (χ1n) is 8.51. The van der Waals surface area contributed by atoms with Crippen molar-refractivity contribution in [3.63, 3.8) is 0 Å². The molecule has 5 nitrogen and oxygen atoms in total. The highest BCUT2D eigenvalue weighted by Gasteiger charge is 2.34. The second kappa shape index (κ2) is 6.58. The molecule has 0 bridgehead atoms. The number of nitrogen functional groups attached to an aromatic ring is 2. The molecular weight excluding hydrogens is 262 g/mol. The monoisotopic (exact) mass is 289 g/mol. The summed E-state index contributed by atoms with van der Waals surface area (Å²) >= 11 is 0. The number of anilines is 2. The first kappa shape index (κ1) is 14.5. The van der Waals surface area contributed by atoms with Gasteiger partial charge >= 0.3 is 0 Å². The molecule has 0 spiro atoms. The van der Waals surface area contributed by atoms with Gasteiger partial charge in [-0.05, 0) is 37.5 Å². The molecule has 116 valence electrons. The SMILES string of the molecule is Nc1nc(N)nc(C(C2CCCCC2)C2CCCCC2)n1. The molecule has 2 aliphatic carbocycles. The lowest BCUT2D eigenvalue weighted by atomic mass is 9.69. The number of aromatic nitrogens is 3. The maximum absolute atomic E-state index is 5.81. The van der Waals surface area contributed by atoms with E-state index in [0.29, 0.717) is 17.8 Å². The minimum atomic E-state index is 0.272. The Morgan fingerprint density at radius 2 is 1.10 bits per heavy atom. The van der Waals surface area contributed by atoms with Crippen LogP contribution < -0.4 is 11.5 Å². The van der Waals surface area contributed by atoms with Crippen LogP contribution in [0.15, 0.2) is 0 Å². The molecule has 1 aromatic rings. The molecule has 0 radical (unpaired) electrons. The molecule has 0 aromatic carbocycles. The summed E-state index contributed by atoms with van der Waals surface area (Å²) in [6.45, 7) is 0. The van der Waals surface area contributed by atoms with Crippen LogP contribution in [0.5, 0.6) is 0 Å². The molecular formula is C16H27N5. The van der Waals surface area contributed by atoms with Gasteiger partial charge in [-0.2, -0.15) is 15.0 Å². The van der Waals surface area contributed by atoms with E-state index in [1.54, 1.807) is 0 Å². The lowest BCUT2D eigenvalue weighted by Crippen LogP contribution is -2.28. The standard InChI is InChI=1S/C16H27N5/c17-15-19-14(20-16(18)21-15)13(11-7-3-1-4-8-11)12-9-5-2-6-10-12/h11-13H,1-10H2,(H4,17,18,19,20,21). The molecule has 0 saturated heterocycles. The van der Waals surface area contributed by atoms with Gasteiger partial charge in [0.2, 0.25) is 11.9 Å². The van der Waals surface area contributed by atoms with Crippen LogP contribution in [0.2, 0.25) is 0 Å². The van der Waals surface area contributed by atoms with Gasteiger partial charge in [-0.1, -0.05) is 38.5 Å². The largest absolute Gasteiger partial charge is 0.368 e. The average molecular weight is 289 g/mol. The lowest BCUT2D eigenvalue weighted by Gasteiger charge is -2.36. The van der Waals surface area contributed by atoms with Crippen molar-refractivity contribution < 1.29 is 0 Å². The molecule has 1 heterocycles. The Kier molecular flexibility index (Phi) is 4.56. The summed E-state index contributed by atoms with van der Waals surface area (Å²) in [7, 11) is 0. The summed E-state index contributed by atoms with van der Waals surface area (Å²) in [6, 6.07) is 0. The summed E-state index contributed by atoms with van der Waals surface area (Å²) in [6.07, 6.45) is 13.3. The minimum absolute atomic E-state index is 0.272. The molecule has 3 rings (SSSR count). The number of nitrogens with zero attached hydrogens (tertiary/aromatic N) is 3.